The third-order valence-corrected chi connectivity index (χ3v) is 2.82. The standard InChI is InChI=1S/C13H8F6O4/c1-6-4-8(22-13(17,18)19)5-7-2-3-11(10(20)21,12(14,15)16)23-9(6)7/h2-5H,1H3,(H,20,21)/i1D3. The molecule has 1 aliphatic heterocycles. The van der Waals surface area contributed by atoms with Gasteiger partial charge in [-0.1, -0.05) is 6.08 Å². The molecule has 126 valence electrons. The van der Waals surface area contributed by atoms with Crippen LogP contribution in [0.4, 0.5) is 26.3 Å². The van der Waals surface area contributed by atoms with E-state index < -0.39 is 53.6 Å². The molecule has 1 aromatic carbocycles. The van der Waals surface area contributed by atoms with E-state index >= 15 is 0 Å². The SMILES string of the molecule is [2H]C([2H])([2H])c1cc(OC(F)(F)F)cc2c1OC(C(=O)O)(C(F)(F)F)C=C2. The van der Waals surface area contributed by atoms with Crippen LogP contribution >= 0.6 is 0 Å². The van der Waals surface area contributed by atoms with Crippen molar-refractivity contribution in [2.45, 2.75) is 25.0 Å². The zero-order chi connectivity index (χ0) is 20.1. The lowest BCUT2D eigenvalue weighted by Gasteiger charge is -2.33. The summed E-state index contributed by atoms with van der Waals surface area (Å²) in [5.41, 5.74) is -5.46. The van der Waals surface area contributed by atoms with Gasteiger partial charge in [-0.25, -0.2) is 4.79 Å². The van der Waals surface area contributed by atoms with Gasteiger partial charge in [-0.05, 0) is 30.6 Å². The quantitative estimate of drug-likeness (QED) is 0.831. The predicted molar refractivity (Wildman–Crippen MR) is 63.9 cm³/mol. The number of carboxylic acids is 1. The lowest BCUT2D eigenvalue weighted by Crippen LogP contribution is -2.56. The van der Waals surface area contributed by atoms with Crippen LogP contribution in [-0.2, 0) is 4.79 Å². The summed E-state index contributed by atoms with van der Waals surface area (Å²) >= 11 is 0. The Morgan fingerprint density at radius 1 is 1.30 bits per heavy atom. The number of halogens is 6. The molecule has 0 aliphatic carbocycles. The van der Waals surface area contributed by atoms with E-state index in [1.165, 1.54) is 0 Å². The molecule has 0 bridgehead atoms. The summed E-state index contributed by atoms with van der Waals surface area (Å²) in [6.45, 7) is -3.21. The molecule has 0 amide bonds. The molecule has 0 fully saturated rings. The highest BCUT2D eigenvalue weighted by Crippen LogP contribution is 2.44. The largest absolute Gasteiger partial charge is 0.573 e. The van der Waals surface area contributed by atoms with Gasteiger partial charge in [0.2, 0.25) is 0 Å². The van der Waals surface area contributed by atoms with Crippen molar-refractivity contribution < 1.29 is 49.8 Å². The molecule has 0 saturated carbocycles. The van der Waals surface area contributed by atoms with E-state index in [0.717, 1.165) is 0 Å². The molecule has 0 aromatic heterocycles. The van der Waals surface area contributed by atoms with Gasteiger partial charge in [-0.2, -0.15) is 13.2 Å². The summed E-state index contributed by atoms with van der Waals surface area (Å²) in [5, 5.41) is 8.94. The topological polar surface area (TPSA) is 55.8 Å². The van der Waals surface area contributed by atoms with Crippen LogP contribution in [0.15, 0.2) is 18.2 Å². The van der Waals surface area contributed by atoms with Crippen LogP contribution in [0.3, 0.4) is 0 Å². The van der Waals surface area contributed by atoms with Crippen LogP contribution < -0.4 is 9.47 Å². The number of benzene rings is 1. The van der Waals surface area contributed by atoms with Gasteiger partial charge in [0.15, 0.2) is 0 Å². The van der Waals surface area contributed by atoms with Crippen molar-refractivity contribution in [1.82, 2.24) is 0 Å². The van der Waals surface area contributed by atoms with Crippen LogP contribution in [0.1, 0.15) is 15.2 Å². The van der Waals surface area contributed by atoms with E-state index in [-0.39, 0.29) is 6.08 Å². The van der Waals surface area contributed by atoms with Crippen molar-refractivity contribution in [3.63, 3.8) is 0 Å². The lowest BCUT2D eigenvalue weighted by molar-refractivity contribution is -0.274. The lowest BCUT2D eigenvalue weighted by atomic mass is 9.96. The molecule has 1 aromatic rings. The molecule has 1 N–H and O–H groups in total. The Bertz CT molecular complexity index is 769. The number of fused-ring (bicyclic) bond motifs is 1. The Kier molecular flexibility index (Phi) is 2.88. The third kappa shape index (κ3) is 3.06. The fourth-order valence-electron chi connectivity index (χ4n) is 1.84. The monoisotopic (exact) mass is 345 g/mol. The van der Waals surface area contributed by atoms with Gasteiger partial charge < -0.3 is 14.6 Å². The van der Waals surface area contributed by atoms with Crippen LogP contribution in [0, 0.1) is 6.85 Å². The Hall–Kier alpha value is -2.39. The zero-order valence-electron chi connectivity index (χ0n) is 13.7. The van der Waals surface area contributed by atoms with Gasteiger partial charge in [-0.3, -0.25) is 0 Å². The molecule has 2 rings (SSSR count). The normalized spacial score (nSPS) is 23.1. The number of carbonyl (C=O) groups is 1. The van der Waals surface area contributed by atoms with Gasteiger partial charge in [0.05, 0.1) is 0 Å². The van der Waals surface area contributed by atoms with Crippen molar-refractivity contribution in [2.75, 3.05) is 0 Å². The molecule has 0 radical (unpaired) electrons. The van der Waals surface area contributed by atoms with E-state index in [2.05, 4.69) is 9.47 Å². The van der Waals surface area contributed by atoms with E-state index in [1.807, 2.05) is 0 Å². The van der Waals surface area contributed by atoms with E-state index in [1.54, 1.807) is 0 Å². The molecule has 0 saturated heterocycles. The van der Waals surface area contributed by atoms with Gasteiger partial charge in [0.25, 0.3) is 0 Å². The second-order valence-corrected chi connectivity index (χ2v) is 4.41. The van der Waals surface area contributed by atoms with Crippen LogP contribution in [0.5, 0.6) is 11.5 Å². The van der Waals surface area contributed by atoms with Crippen molar-refractivity contribution in [3.05, 3.63) is 29.3 Å². The summed E-state index contributed by atoms with van der Waals surface area (Å²) in [6.07, 6.45) is -10.1. The number of hydrogen-bond acceptors (Lipinski definition) is 3. The molecule has 10 heteroatoms. The fraction of sp³-hybridized carbons (Fsp3) is 0.308. The highest BCUT2D eigenvalue weighted by Gasteiger charge is 2.63. The maximum atomic E-state index is 13.2. The predicted octanol–water partition coefficient (Wildman–Crippen LogP) is 3.68. The Balaban J connectivity index is 2.69. The second kappa shape index (κ2) is 5.07. The molecule has 1 aliphatic rings. The molecule has 1 atom stereocenters. The van der Waals surface area contributed by atoms with Crippen molar-refractivity contribution in [1.29, 1.82) is 0 Å². The van der Waals surface area contributed by atoms with E-state index in [4.69, 9.17) is 9.22 Å². The Morgan fingerprint density at radius 3 is 2.43 bits per heavy atom. The minimum absolute atomic E-state index is 0.0678. The number of hydrogen-bond donors (Lipinski definition) is 1. The molecule has 1 heterocycles. The van der Waals surface area contributed by atoms with Crippen molar-refractivity contribution >= 4 is 12.0 Å². The number of aryl methyl sites for hydroxylation is 1. The van der Waals surface area contributed by atoms with Gasteiger partial charge in [-0.15, -0.1) is 13.2 Å². The first-order valence-corrected chi connectivity index (χ1v) is 5.69. The van der Waals surface area contributed by atoms with Gasteiger partial charge >= 0.3 is 24.1 Å². The number of ether oxygens (including phenoxy) is 2. The number of aliphatic carboxylic acids is 1. The summed E-state index contributed by atoms with van der Waals surface area (Å²) in [6, 6.07) is 0.901. The summed E-state index contributed by atoms with van der Waals surface area (Å²) in [5.74, 6) is -4.51. The van der Waals surface area contributed by atoms with Crippen LogP contribution in [0.2, 0.25) is 0 Å². The molecular formula is C13H8F6O4. The fourth-order valence-corrected chi connectivity index (χ4v) is 1.84. The van der Waals surface area contributed by atoms with E-state index in [9.17, 15) is 31.1 Å². The van der Waals surface area contributed by atoms with Crippen LogP contribution in [-0.4, -0.2) is 29.2 Å². The van der Waals surface area contributed by atoms with Crippen molar-refractivity contribution in [3.8, 4) is 11.5 Å². The maximum Gasteiger partial charge on any atom is 0.573 e. The third-order valence-electron chi connectivity index (χ3n) is 2.82. The zero-order valence-corrected chi connectivity index (χ0v) is 10.7. The summed E-state index contributed by atoms with van der Waals surface area (Å²) in [7, 11) is 0. The van der Waals surface area contributed by atoms with Gasteiger partial charge in [0, 0.05) is 9.68 Å². The first-order valence-electron chi connectivity index (χ1n) is 7.19. The molecular weight excluding hydrogens is 334 g/mol. The minimum Gasteiger partial charge on any atom is -0.478 e. The highest BCUT2D eigenvalue weighted by molar-refractivity contribution is 5.85. The highest BCUT2D eigenvalue weighted by atomic mass is 19.4. The maximum absolute atomic E-state index is 13.2. The van der Waals surface area contributed by atoms with Crippen molar-refractivity contribution in [2.24, 2.45) is 0 Å². The molecule has 1 unspecified atom stereocenters. The number of carboxylic acid groups (broad SMARTS) is 1. The average molecular weight is 345 g/mol. The smallest absolute Gasteiger partial charge is 0.478 e. The van der Waals surface area contributed by atoms with Gasteiger partial charge in [0.1, 0.15) is 11.5 Å². The first kappa shape index (κ1) is 13.1. The summed E-state index contributed by atoms with van der Waals surface area (Å²) in [4.78, 5) is 11.1. The number of alkyl halides is 6. The van der Waals surface area contributed by atoms with E-state index in [0.29, 0.717) is 18.2 Å². The van der Waals surface area contributed by atoms with Crippen LogP contribution in [0.25, 0.3) is 6.08 Å². The summed E-state index contributed by atoms with van der Waals surface area (Å²) < 4.78 is 107. The Labute approximate surface area is 129 Å². The Morgan fingerprint density at radius 2 is 1.96 bits per heavy atom. The molecule has 4 nitrogen and oxygen atoms in total. The first-order chi connectivity index (χ1) is 11.6. The number of rotatable bonds is 2. The molecule has 23 heavy (non-hydrogen) atoms. The second-order valence-electron chi connectivity index (χ2n) is 4.41. The minimum atomic E-state index is -5.47. The average Bonchev–Trinajstić information content (AvgIpc) is 2.41. The molecule has 0 spiro atoms.